The molecule has 0 saturated heterocycles. The Morgan fingerprint density at radius 3 is 2.73 bits per heavy atom. The van der Waals surface area contributed by atoms with Crippen molar-refractivity contribution in [2.75, 3.05) is 13.6 Å². The molecule has 5 heteroatoms. The van der Waals surface area contributed by atoms with Crippen LogP contribution in [0.2, 0.25) is 0 Å². The molecule has 0 saturated carbocycles. The van der Waals surface area contributed by atoms with Crippen molar-refractivity contribution in [1.29, 1.82) is 0 Å². The average Bonchev–Trinajstić information content (AvgIpc) is 2.84. The van der Waals surface area contributed by atoms with Gasteiger partial charge < -0.3 is 4.90 Å². The molecule has 0 unspecified atom stereocenters. The molecule has 0 N–H and O–H groups in total. The lowest BCUT2D eigenvalue weighted by Gasteiger charge is -2.17. The first-order valence-corrected chi connectivity index (χ1v) is 8.00. The van der Waals surface area contributed by atoms with E-state index in [0.29, 0.717) is 6.42 Å². The molecular formula is C17H26N4O. The highest BCUT2D eigenvalue weighted by Gasteiger charge is 2.14. The zero-order valence-corrected chi connectivity index (χ0v) is 14.3. The van der Waals surface area contributed by atoms with Crippen molar-refractivity contribution >= 4 is 11.6 Å². The molecule has 1 amide bonds. The summed E-state index contributed by atoms with van der Waals surface area (Å²) in [5, 5.41) is 4.48. The first kappa shape index (κ1) is 16.5. The van der Waals surface area contributed by atoms with Gasteiger partial charge in [0.1, 0.15) is 0 Å². The topological polar surface area (TPSA) is 50.5 Å². The zero-order chi connectivity index (χ0) is 16.3. The molecule has 0 aliphatic heterocycles. The van der Waals surface area contributed by atoms with E-state index in [1.54, 1.807) is 0 Å². The van der Waals surface area contributed by atoms with E-state index >= 15 is 0 Å². The van der Waals surface area contributed by atoms with Crippen LogP contribution >= 0.6 is 0 Å². The molecule has 2 rings (SSSR count). The summed E-state index contributed by atoms with van der Waals surface area (Å²) < 4.78 is 1.88. The van der Waals surface area contributed by atoms with Gasteiger partial charge >= 0.3 is 0 Å². The van der Waals surface area contributed by atoms with Crippen molar-refractivity contribution in [3.05, 3.63) is 28.7 Å². The summed E-state index contributed by atoms with van der Waals surface area (Å²) in [7, 11) is 1.88. The maximum absolute atomic E-state index is 12.2. The highest BCUT2D eigenvalue weighted by Crippen LogP contribution is 2.17. The molecule has 0 atom stereocenters. The van der Waals surface area contributed by atoms with Crippen molar-refractivity contribution in [3.8, 4) is 0 Å². The lowest BCUT2D eigenvalue weighted by atomic mass is 10.1. The highest BCUT2D eigenvalue weighted by molar-refractivity contribution is 5.76. The Bertz CT molecular complexity index is 675. The summed E-state index contributed by atoms with van der Waals surface area (Å²) in [6.45, 7) is 9.00. The predicted molar refractivity (Wildman–Crippen MR) is 88.1 cm³/mol. The van der Waals surface area contributed by atoms with Crippen LogP contribution in [0.25, 0.3) is 5.65 Å². The van der Waals surface area contributed by atoms with Gasteiger partial charge in [-0.2, -0.15) is 5.10 Å². The highest BCUT2D eigenvalue weighted by atomic mass is 16.2. The van der Waals surface area contributed by atoms with Crippen molar-refractivity contribution in [2.45, 2.75) is 53.4 Å². The third-order valence-corrected chi connectivity index (χ3v) is 4.15. The fourth-order valence-electron chi connectivity index (χ4n) is 2.75. The summed E-state index contributed by atoms with van der Waals surface area (Å²) in [6.07, 6.45) is 3.40. The molecule has 0 aromatic carbocycles. The smallest absolute Gasteiger partial charge is 0.222 e. The van der Waals surface area contributed by atoms with Gasteiger partial charge in [0.25, 0.3) is 0 Å². The summed E-state index contributed by atoms with van der Waals surface area (Å²) in [4.78, 5) is 18.6. The van der Waals surface area contributed by atoms with E-state index in [-0.39, 0.29) is 5.91 Å². The summed E-state index contributed by atoms with van der Waals surface area (Å²) in [5.74, 6) is 0.198. The van der Waals surface area contributed by atoms with Crippen molar-refractivity contribution in [3.63, 3.8) is 0 Å². The van der Waals surface area contributed by atoms with Crippen molar-refractivity contribution in [2.24, 2.45) is 0 Å². The second-order valence-electron chi connectivity index (χ2n) is 5.99. The molecule has 0 spiro atoms. The zero-order valence-electron chi connectivity index (χ0n) is 14.3. The Labute approximate surface area is 132 Å². The Morgan fingerprint density at radius 2 is 2.05 bits per heavy atom. The summed E-state index contributed by atoms with van der Waals surface area (Å²) >= 11 is 0. The molecule has 0 radical (unpaired) electrons. The Kier molecular flexibility index (Phi) is 5.16. The molecular weight excluding hydrogens is 276 g/mol. The number of amides is 1. The lowest BCUT2D eigenvalue weighted by molar-refractivity contribution is -0.129. The van der Waals surface area contributed by atoms with Crippen molar-refractivity contribution < 1.29 is 4.79 Å². The number of carbonyl (C=O) groups is 1. The fourth-order valence-corrected chi connectivity index (χ4v) is 2.75. The van der Waals surface area contributed by atoms with Gasteiger partial charge in [0.15, 0.2) is 5.65 Å². The van der Waals surface area contributed by atoms with Gasteiger partial charge in [-0.3, -0.25) is 4.79 Å². The monoisotopic (exact) mass is 302 g/mol. The van der Waals surface area contributed by atoms with Crippen LogP contribution in [0.4, 0.5) is 0 Å². The molecule has 120 valence electrons. The standard InChI is InChI=1S/C17H26N4O/c1-6-7-10-20(5)17(22)9-8-15-13(3)18-16-11-12(2)19-21(16)14(15)4/h11H,6-10H2,1-5H3. The second-order valence-corrected chi connectivity index (χ2v) is 5.99. The molecule has 2 aromatic rings. The lowest BCUT2D eigenvalue weighted by Crippen LogP contribution is -2.28. The molecule has 0 bridgehead atoms. The van der Waals surface area contributed by atoms with Gasteiger partial charge in [0.2, 0.25) is 5.91 Å². The molecule has 22 heavy (non-hydrogen) atoms. The number of hydrogen-bond donors (Lipinski definition) is 0. The van der Waals surface area contributed by atoms with Crippen LogP contribution in [-0.4, -0.2) is 39.0 Å². The van der Waals surface area contributed by atoms with Crippen LogP contribution in [0.5, 0.6) is 0 Å². The minimum Gasteiger partial charge on any atom is -0.346 e. The number of fused-ring (bicyclic) bond motifs is 1. The fraction of sp³-hybridized carbons (Fsp3) is 0.588. The van der Waals surface area contributed by atoms with Crippen LogP contribution in [0, 0.1) is 20.8 Å². The van der Waals surface area contributed by atoms with Crippen LogP contribution in [0.15, 0.2) is 6.07 Å². The number of unbranched alkanes of at least 4 members (excludes halogenated alkanes) is 1. The van der Waals surface area contributed by atoms with E-state index in [1.807, 2.05) is 36.4 Å². The molecule has 0 fully saturated rings. The van der Waals surface area contributed by atoms with E-state index < -0.39 is 0 Å². The van der Waals surface area contributed by atoms with Gasteiger partial charge in [-0.15, -0.1) is 0 Å². The quantitative estimate of drug-likeness (QED) is 0.824. The SMILES string of the molecule is CCCCN(C)C(=O)CCc1c(C)nc2cc(C)nn2c1C. The Morgan fingerprint density at radius 1 is 1.32 bits per heavy atom. The van der Waals surface area contributed by atoms with Crippen LogP contribution in [-0.2, 0) is 11.2 Å². The van der Waals surface area contributed by atoms with Crippen LogP contribution in [0.3, 0.4) is 0 Å². The van der Waals surface area contributed by atoms with E-state index in [4.69, 9.17) is 0 Å². The Balaban J connectivity index is 2.13. The molecule has 2 heterocycles. The van der Waals surface area contributed by atoms with E-state index in [9.17, 15) is 4.79 Å². The third kappa shape index (κ3) is 3.46. The number of aryl methyl sites for hydroxylation is 3. The largest absolute Gasteiger partial charge is 0.346 e. The van der Waals surface area contributed by atoms with Crippen molar-refractivity contribution in [1.82, 2.24) is 19.5 Å². The third-order valence-electron chi connectivity index (χ3n) is 4.15. The summed E-state index contributed by atoms with van der Waals surface area (Å²) in [6, 6.07) is 1.98. The average molecular weight is 302 g/mol. The van der Waals surface area contributed by atoms with Gasteiger partial charge in [0.05, 0.1) is 5.69 Å². The van der Waals surface area contributed by atoms with Crippen LogP contribution in [0.1, 0.15) is 48.8 Å². The first-order chi connectivity index (χ1) is 10.4. The van der Waals surface area contributed by atoms with Gasteiger partial charge in [-0.25, -0.2) is 9.50 Å². The minimum absolute atomic E-state index is 0.198. The predicted octanol–water partition coefficient (Wildman–Crippen LogP) is 2.85. The second kappa shape index (κ2) is 6.90. The first-order valence-electron chi connectivity index (χ1n) is 8.00. The van der Waals surface area contributed by atoms with Gasteiger partial charge in [0, 0.05) is 37.5 Å². The molecule has 0 aliphatic rings. The van der Waals surface area contributed by atoms with Gasteiger partial charge in [-0.05, 0) is 39.2 Å². The normalized spacial score (nSPS) is 11.1. The van der Waals surface area contributed by atoms with E-state index in [1.165, 1.54) is 0 Å². The molecule has 5 nitrogen and oxygen atoms in total. The van der Waals surface area contributed by atoms with Crippen LogP contribution < -0.4 is 0 Å². The van der Waals surface area contributed by atoms with Gasteiger partial charge in [-0.1, -0.05) is 13.3 Å². The van der Waals surface area contributed by atoms with E-state index in [0.717, 1.165) is 54.1 Å². The number of aromatic nitrogens is 3. The number of nitrogens with zero attached hydrogens (tertiary/aromatic N) is 4. The molecule has 0 aliphatic carbocycles. The number of hydrogen-bond acceptors (Lipinski definition) is 3. The Hall–Kier alpha value is -1.91. The summed E-state index contributed by atoms with van der Waals surface area (Å²) in [5.41, 5.74) is 5.05. The maximum atomic E-state index is 12.2. The minimum atomic E-state index is 0.198. The maximum Gasteiger partial charge on any atom is 0.222 e. The number of carbonyl (C=O) groups excluding carboxylic acids is 1. The molecule has 2 aromatic heterocycles. The van der Waals surface area contributed by atoms with E-state index in [2.05, 4.69) is 23.9 Å². The number of rotatable bonds is 6.